The zero-order valence-electron chi connectivity index (χ0n) is 21.8. The van der Waals surface area contributed by atoms with Crippen LogP contribution in [0, 0.1) is 5.82 Å². The zero-order chi connectivity index (χ0) is 29.1. The number of nitrogens with one attached hydrogen (secondary N) is 3. The van der Waals surface area contributed by atoms with Gasteiger partial charge in [-0.3, -0.25) is 9.59 Å². The number of fused-ring (bicyclic) bond motifs is 1. The van der Waals surface area contributed by atoms with Gasteiger partial charge in [0.25, 0.3) is 15.9 Å². The molecule has 3 N–H and O–H groups in total. The minimum absolute atomic E-state index is 0.0826. The van der Waals surface area contributed by atoms with Gasteiger partial charge in [0.2, 0.25) is 5.91 Å². The number of amides is 4. The number of carbonyl (C=O) groups is 3. The van der Waals surface area contributed by atoms with E-state index in [2.05, 4.69) is 15.5 Å². The van der Waals surface area contributed by atoms with Crippen molar-refractivity contribution < 1.29 is 27.2 Å². The van der Waals surface area contributed by atoms with Crippen molar-refractivity contribution in [2.75, 3.05) is 41.7 Å². The first-order chi connectivity index (χ1) is 19.6. The minimum atomic E-state index is -4.18. The quantitative estimate of drug-likeness (QED) is 0.313. The molecule has 0 spiro atoms. The Bertz CT molecular complexity index is 1610. The van der Waals surface area contributed by atoms with Crippen molar-refractivity contribution >= 4 is 67.9 Å². The van der Waals surface area contributed by atoms with Crippen LogP contribution in [0.1, 0.15) is 35.2 Å². The average Bonchev–Trinajstić information content (AvgIpc) is 3.37. The van der Waals surface area contributed by atoms with Crippen LogP contribution in [0.2, 0.25) is 4.34 Å². The van der Waals surface area contributed by atoms with E-state index >= 15 is 4.39 Å². The largest absolute Gasteiger partial charge is 0.384 e. The first-order valence-corrected chi connectivity index (χ1v) is 15.6. The topological polar surface area (TPSA) is 128 Å². The number of likely N-dealkylation sites (tertiary alicyclic amines) is 1. The summed E-state index contributed by atoms with van der Waals surface area (Å²) in [5.74, 6) is -2.20. The number of anilines is 3. The molecule has 2 aliphatic heterocycles. The van der Waals surface area contributed by atoms with Crippen LogP contribution < -0.4 is 20.3 Å². The number of halogens is 2. The molecular formula is C27H27ClFN5O5S2. The molecule has 3 aromatic rings. The van der Waals surface area contributed by atoms with Crippen LogP contribution in [0.25, 0.3) is 0 Å². The summed E-state index contributed by atoms with van der Waals surface area (Å²) in [6.45, 7) is 3.84. The molecule has 10 nitrogen and oxygen atoms in total. The number of hydrogen-bond donors (Lipinski definition) is 3. The Kier molecular flexibility index (Phi) is 8.59. The van der Waals surface area contributed by atoms with Crippen molar-refractivity contribution in [3.05, 3.63) is 69.8 Å². The van der Waals surface area contributed by atoms with Crippen LogP contribution in [0.15, 0.2) is 52.7 Å². The van der Waals surface area contributed by atoms with Crippen molar-refractivity contribution in [2.24, 2.45) is 0 Å². The molecule has 14 heteroatoms. The molecule has 3 heterocycles. The molecule has 0 radical (unpaired) electrons. The molecule has 2 aromatic carbocycles. The normalized spacial score (nSPS) is 15.9. The van der Waals surface area contributed by atoms with Crippen molar-refractivity contribution in [1.82, 2.24) is 9.62 Å². The van der Waals surface area contributed by atoms with Crippen LogP contribution in [0.4, 0.5) is 26.2 Å². The van der Waals surface area contributed by atoms with Crippen LogP contribution in [0.5, 0.6) is 0 Å². The number of sulfonamides is 1. The lowest BCUT2D eigenvalue weighted by Crippen LogP contribution is -2.43. The number of carbonyl (C=O) groups excluding carboxylic acids is 3. The second kappa shape index (κ2) is 12.1. The molecule has 5 rings (SSSR count). The van der Waals surface area contributed by atoms with Crippen LogP contribution in [0.3, 0.4) is 0 Å². The Hall–Kier alpha value is -3.52. The predicted octanol–water partition coefficient (Wildman–Crippen LogP) is 4.68. The van der Waals surface area contributed by atoms with Crippen LogP contribution >= 0.6 is 22.9 Å². The minimum Gasteiger partial charge on any atom is -0.384 e. The summed E-state index contributed by atoms with van der Waals surface area (Å²) in [5.41, 5.74) is 1.30. The highest BCUT2D eigenvalue weighted by Gasteiger charge is 2.34. The molecule has 1 fully saturated rings. The molecule has 41 heavy (non-hydrogen) atoms. The highest BCUT2D eigenvalue weighted by Crippen LogP contribution is 2.31. The fourth-order valence-electron chi connectivity index (χ4n) is 4.86. The molecule has 0 aliphatic carbocycles. The molecular weight excluding hydrogens is 593 g/mol. The molecule has 1 saturated heterocycles. The van der Waals surface area contributed by atoms with Crippen molar-refractivity contribution in [3.8, 4) is 0 Å². The molecule has 0 unspecified atom stereocenters. The third-order valence-corrected chi connectivity index (χ3v) is 9.88. The molecule has 2 aliphatic rings. The van der Waals surface area contributed by atoms with Gasteiger partial charge < -0.3 is 15.5 Å². The van der Waals surface area contributed by atoms with Gasteiger partial charge in [-0.1, -0.05) is 18.0 Å². The molecule has 0 saturated carbocycles. The summed E-state index contributed by atoms with van der Waals surface area (Å²) in [7, 11) is -4.18. The molecule has 4 amide bonds. The second-order valence-electron chi connectivity index (χ2n) is 9.70. The lowest BCUT2D eigenvalue weighted by atomic mass is 9.97. The SMILES string of the molecule is O=C(Nc1ccc(N2C(=O)Cc3cc(NCCN4CCCCC4)ccc3C2=O)c(F)c1)NS(=O)(=O)c1ccc(Cl)s1. The fraction of sp³-hybridized carbons (Fsp3) is 0.296. The van der Waals surface area contributed by atoms with E-state index in [1.165, 1.54) is 43.5 Å². The highest BCUT2D eigenvalue weighted by atomic mass is 35.5. The standard InChI is InChI=1S/C27H27ClFN5O5S2/c28-23-8-9-25(40-23)41(38,39)32-27(37)31-19-5-7-22(21(29)16-19)34-24(35)15-17-14-18(4-6-20(17)26(34)36)30-10-13-33-11-2-1-3-12-33/h4-9,14,16,30H,1-3,10-13,15H2,(H2,31,32,37). The molecule has 0 atom stereocenters. The van der Waals surface area contributed by atoms with Crippen molar-refractivity contribution in [2.45, 2.75) is 29.9 Å². The van der Waals surface area contributed by atoms with Gasteiger partial charge in [-0.2, -0.15) is 0 Å². The van der Waals surface area contributed by atoms with Crippen molar-refractivity contribution in [3.63, 3.8) is 0 Å². The summed E-state index contributed by atoms with van der Waals surface area (Å²) < 4.78 is 41.6. The maximum atomic E-state index is 15.1. The van der Waals surface area contributed by atoms with Gasteiger partial charge >= 0.3 is 6.03 Å². The number of piperidine rings is 1. The van der Waals surface area contributed by atoms with E-state index in [4.69, 9.17) is 11.6 Å². The van der Waals surface area contributed by atoms with Gasteiger partial charge in [0, 0.05) is 30.0 Å². The lowest BCUT2D eigenvalue weighted by molar-refractivity contribution is -0.117. The smallest absolute Gasteiger partial charge is 0.333 e. The molecule has 1 aromatic heterocycles. The number of imide groups is 1. The Labute approximate surface area is 245 Å². The summed E-state index contributed by atoms with van der Waals surface area (Å²) in [4.78, 5) is 41.6. The van der Waals surface area contributed by atoms with Gasteiger partial charge in [0.1, 0.15) is 10.0 Å². The average molecular weight is 620 g/mol. The Morgan fingerprint density at radius 3 is 2.46 bits per heavy atom. The van der Waals surface area contributed by atoms with Crippen molar-refractivity contribution in [1.29, 1.82) is 0 Å². The van der Waals surface area contributed by atoms with E-state index in [0.29, 0.717) is 11.1 Å². The number of nitrogens with zero attached hydrogens (tertiary/aromatic N) is 2. The van der Waals surface area contributed by atoms with Gasteiger partial charge in [0.15, 0.2) is 0 Å². The second-order valence-corrected chi connectivity index (χ2v) is 13.3. The first-order valence-electron chi connectivity index (χ1n) is 13.0. The third kappa shape index (κ3) is 6.70. The lowest BCUT2D eigenvalue weighted by Gasteiger charge is -2.28. The fourth-order valence-corrected chi connectivity index (χ4v) is 7.25. The summed E-state index contributed by atoms with van der Waals surface area (Å²) in [6.07, 6.45) is 3.61. The van der Waals surface area contributed by atoms with E-state index in [0.717, 1.165) is 54.2 Å². The summed E-state index contributed by atoms with van der Waals surface area (Å²) in [6, 6.07) is 10.0. The zero-order valence-corrected chi connectivity index (χ0v) is 24.2. The van der Waals surface area contributed by atoms with Gasteiger partial charge in [-0.25, -0.2) is 27.2 Å². The number of benzene rings is 2. The van der Waals surface area contributed by atoms with E-state index in [1.807, 2.05) is 4.72 Å². The van der Waals surface area contributed by atoms with Gasteiger partial charge in [-0.15, -0.1) is 11.3 Å². The van der Waals surface area contributed by atoms with Gasteiger partial charge in [-0.05, 0) is 80.0 Å². The summed E-state index contributed by atoms with van der Waals surface area (Å²) >= 11 is 6.52. The predicted molar refractivity (Wildman–Crippen MR) is 156 cm³/mol. The first kappa shape index (κ1) is 29.0. The van der Waals surface area contributed by atoms with E-state index in [1.54, 1.807) is 18.2 Å². The number of rotatable bonds is 8. The van der Waals surface area contributed by atoms with Gasteiger partial charge in [0.05, 0.1) is 16.4 Å². The van der Waals surface area contributed by atoms with Crippen LogP contribution in [-0.2, 0) is 21.2 Å². The Morgan fingerprint density at radius 1 is 1.00 bits per heavy atom. The van der Waals surface area contributed by atoms with E-state index < -0.39 is 33.7 Å². The molecule has 0 bridgehead atoms. The third-order valence-electron chi connectivity index (χ3n) is 6.82. The Balaban J connectivity index is 1.23. The summed E-state index contributed by atoms with van der Waals surface area (Å²) in [5, 5.41) is 5.58. The van der Waals surface area contributed by atoms with E-state index in [9.17, 15) is 22.8 Å². The maximum Gasteiger partial charge on any atom is 0.333 e. The maximum absolute atomic E-state index is 15.1. The number of urea groups is 1. The number of thiophene rings is 1. The number of hydrogen-bond acceptors (Lipinski definition) is 8. The molecule has 216 valence electrons. The highest BCUT2D eigenvalue weighted by molar-refractivity contribution is 7.92. The Morgan fingerprint density at radius 2 is 1.76 bits per heavy atom. The van der Waals surface area contributed by atoms with E-state index in [-0.39, 0.29) is 26.3 Å². The van der Waals surface area contributed by atoms with Crippen LogP contribution in [-0.4, -0.2) is 57.3 Å². The monoisotopic (exact) mass is 619 g/mol.